The van der Waals surface area contributed by atoms with E-state index in [1.54, 1.807) is 0 Å². The van der Waals surface area contributed by atoms with Gasteiger partial charge in [-0.3, -0.25) is 0 Å². The molecule has 2 aliphatic rings. The lowest BCUT2D eigenvalue weighted by Gasteiger charge is -2.33. The normalized spacial score (nSPS) is 26.8. The molecule has 2 heteroatoms. The third-order valence-corrected chi connectivity index (χ3v) is 3.37. The summed E-state index contributed by atoms with van der Waals surface area (Å²) in [5.41, 5.74) is 5.75. The van der Waals surface area contributed by atoms with Gasteiger partial charge in [0.2, 0.25) is 0 Å². The smallest absolute Gasteiger partial charge is 0.00683 e. The maximum Gasteiger partial charge on any atom is 0.00683 e. The minimum absolute atomic E-state index is 0.763. The van der Waals surface area contributed by atoms with E-state index in [-0.39, 0.29) is 0 Å². The molecule has 12 heavy (non-hydrogen) atoms. The van der Waals surface area contributed by atoms with Crippen LogP contribution in [-0.4, -0.2) is 19.1 Å². The van der Waals surface area contributed by atoms with Gasteiger partial charge >= 0.3 is 0 Å². The zero-order valence-corrected chi connectivity index (χ0v) is 7.76. The predicted octanol–water partition coefficient (Wildman–Crippen LogP) is 1.11. The lowest BCUT2D eigenvalue weighted by atomic mass is 9.76. The molecule has 2 nitrogen and oxygen atoms in total. The lowest BCUT2D eigenvalue weighted by Crippen LogP contribution is -2.37. The van der Waals surface area contributed by atoms with Crippen LogP contribution in [0.2, 0.25) is 0 Å². The summed E-state index contributed by atoms with van der Waals surface area (Å²) in [6.45, 7) is 2.05. The van der Waals surface area contributed by atoms with Gasteiger partial charge in [0, 0.05) is 6.04 Å². The molecular weight excluding hydrogens is 148 g/mol. The Morgan fingerprint density at radius 2 is 2.00 bits per heavy atom. The first-order valence-corrected chi connectivity index (χ1v) is 5.33. The molecule has 0 amide bonds. The van der Waals surface area contributed by atoms with Gasteiger partial charge < -0.3 is 11.1 Å². The highest BCUT2D eigenvalue weighted by atomic mass is 15.0. The van der Waals surface area contributed by atoms with Gasteiger partial charge in [0.1, 0.15) is 0 Å². The fraction of sp³-hybridized carbons (Fsp3) is 1.00. The van der Waals surface area contributed by atoms with Crippen LogP contribution in [0.15, 0.2) is 0 Å². The Kier molecular flexibility index (Phi) is 2.66. The molecule has 2 saturated carbocycles. The van der Waals surface area contributed by atoms with E-state index in [0.29, 0.717) is 0 Å². The molecule has 2 aliphatic carbocycles. The van der Waals surface area contributed by atoms with E-state index in [2.05, 4.69) is 5.32 Å². The molecule has 1 unspecified atom stereocenters. The van der Waals surface area contributed by atoms with Crippen LogP contribution in [0, 0.1) is 11.8 Å². The Bertz CT molecular complexity index is 139. The second-order valence-electron chi connectivity index (χ2n) is 4.37. The highest BCUT2D eigenvalue weighted by molar-refractivity contribution is 4.85. The van der Waals surface area contributed by atoms with Crippen LogP contribution < -0.4 is 11.1 Å². The van der Waals surface area contributed by atoms with Crippen molar-refractivity contribution in [2.24, 2.45) is 17.6 Å². The summed E-state index contributed by atoms with van der Waals surface area (Å²) in [4.78, 5) is 0. The monoisotopic (exact) mass is 168 g/mol. The molecule has 3 N–H and O–H groups in total. The topological polar surface area (TPSA) is 38.0 Å². The molecule has 1 atom stereocenters. The summed E-state index contributed by atoms with van der Waals surface area (Å²) < 4.78 is 0. The van der Waals surface area contributed by atoms with Crippen molar-refractivity contribution in [2.45, 2.75) is 38.1 Å². The third kappa shape index (κ3) is 1.99. The minimum Gasteiger partial charge on any atom is -0.330 e. The van der Waals surface area contributed by atoms with Crippen molar-refractivity contribution in [2.75, 3.05) is 13.1 Å². The highest BCUT2D eigenvalue weighted by Crippen LogP contribution is 2.33. The van der Waals surface area contributed by atoms with Crippen molar-refractivity contribution in [1.29, 1.82) is 0 Å². The summed E-state index contributed by atoms with van der Waals surface area (Å²) in [6.07, 6.45) is 7.07. The van der Waals surface area contributed by atoms with Gasteiger partial charge in [0.15, 0.2) is 0 Å². The summed E-state index contributed by atoms with van der Waals surface area (Å²) in [7, 11) is 0. The summed E-state index contributed by atoms with van der Waals surface area (Å²) in [5, 5.41) is 3.58. The van der Waals surface area contributed by atoms with Gasteiger partial charge in [-0.05, 0) is 37.8 Å². The van der Waals surface area contributed by atoms with E-state index in [0.717, 1.165) is 24.4 Å². The first-order chi connectivity index (χ1) is 5.90. The average molecular weight is 168 g/mol. The van der Waals surface area contributed by atoms with Crippen molar-refractivity contribution in [3.05, 3.63) is 0 Å². The molecule has 0 radical (unpaired) electrons. The van der Waals surface area contributed by atoms with Crippen LogP contribution in [0.25, 0.3) is 0 Å². The Hall–Kier alpha value is -0.0800. The number of hydrogen-bond acceptors (Lipinski definition) is 2. The summed E-state index contributed by atoms with van der Waals surface area (Å²) in [6, 6.07) is 0.846. The fourth-order valence-electron chi connectivity index (χ4n) is 1.96. The predicted molar refractivity (Wildman–Crippen MR) is 50.9 cm³/mol. The van der Waals surface area contributed by atoms with E-state index in [1.165, 1.54) is 38.6 Å². The fourth-order valence-corrected chi connectivity index (χ4v) is 1.96. The third-order valence-electron chi connectivity index (χ3n) is 3.37. The maximum atomic E-state index is 5.75. The van der Waals surface area contributed by atoms with E-state index < -0.39 is 0 Å². The highest BCUT2D eigenvalue weighted by Gasteiger charge is 2.28. The molecule has 0 saturated heterocycles. The molecule has 0 aromatic rings. The standard InChI is InChI=1S/C10H20N2/c11-6-9(8-2-1-3-8)7-12-10-4-5-10/h8-10,12H,1-7,11H2. The first-order valence-electron chi connectivity index (χ1n) is 5.33. The zero-order chi connectivity index (χ0) is 8.39. The van der Waals surface area contributed by atoms with E-state index in [9.17, 15) is 0 Å². The largest absolute Gasteiger partial charge is 0.330 e. The minimum atomic E-state index is 0.763. The molecule has 0 bridgehead atoms. The van der Waals surface area contributed by atoms with Crippen molar-refractivity contribution in [3.63, 3.8) is 0 Å². The van der Waals surface area contributed by atoms with Crippen molar-refractivity contribution in [1.82, 2.24) is 5.32 Å². The van der Waals surface area contributed by atoms with Crippen molar-refractivity contribution in [3.8, 4) is 0 Å². The van der Waals surface area contributed by atoms with Crippen LogP contribution in [-0.2, 0) is 0 Å². The number of rotatable bonds is 5. The average Bonchev–Trinajstić information content (AvgIpc) is 2.76. The molecule has 0 aromatic heterocycles. The van der Waals surface area contributed by atoms with Crippen LogP contribution in [0.3, 0.4) is 0 Å². The van der Waals surface area contributed by atoms with Gasteiger partial charge in [-0.2, -0.15) is 0 Å². The van der Waals surface area contributed by atoms with E-state index in [4.69, 9.17) is 5.73 Å². The van der Waals surface area contributed by atoms with Crippen molar-refractivity contribution >= 4 is 0 Å². The Balaban J connectivity index is 1.65. The molecule has 0 spiro atoms. The second kappa shape index (κ2) is 3.75. The summed E-state index contributed by atoms with van der Waals surface area (Å²) >= 11 is 0. The van der Waals surface area contributed by atoms with E-state index >= 15 is 0 Å². The van der Waals surface area contributed by atoms with Crippen LogP contribution in [0.5, 0.6) is 0 Å². The van der Waals surface area contributed by atoms with Gasteiger partial charge in [0.25, 0.3) is 0 Å². The Labute approximate surface area is 74.9 Å². The molecule has 70 valence electrons. The molecule has 2 rings (SSSR count). The summed E-state index contributed by atoms with van der Waals surface area (Å²) in [5.74, 6) is 1.71. The zero-order valence-electron chi connectivity index (χ0n) is 7.76. The quantitative estimate of drug-likeness (QED) is 0.645. The number of hydrogen-bond donors (Lipinski definition) is 2. The number of nitrogens with two attached hydrogens (primary N) is 1. The first kappa shape index (κ1) is 8.52. The van der Waals surface area contributed by atoms with Gasteiger partial charge in [0.05, 0.1) is 0 Å². The Morgan fingerprint density at radius 3 is 2.42 bits per heavy atom. The lowest BCUT2D eigenvalue weighted by molar-refractivity contribution is 0.205. The molecular formula is C10H20N2. The molecule has 0 heterocycles. The van der Waals surface area contributed by atoms with Gasteiger partial charge in [-0.15, -0.1) is 0 Å². The molecule has 2 fully saturated rings. The van der Waals surface area contributed by atoms with Crippen LogP contribution in [0.4, 0.5) is 0 Å². The molecule has 0 aliphatic heterocycles. The van der Waals surface area contributed by atoms with Gasteiger partial charge in [-0.1, -0.05) is 19.3 Å². The second-order valence-corrected chi connectivity index (χ2v) is 4.37. The molecule has 0 aromatic carbocycles. The number of nitrogens with one attached hydrogen (secondary N) is 1. The van der Waals surface area contributed by atoms with Crippen LogP contribution >= 0.6 is 0 Å². The maximum absolute atomic E-state index is 5.75. The van der Waals surface area contributed by atoms with E-state index in [1.807, 2.05) is 0 Å². The Morgan fingerprint density at radius 1 is 1.25 bits per heavy atom. The SMILES string of the molecule is NCC(CNC1CC1)C1CCC1. The van der Waals surface area contributed by atoms with Gasteiger partial charge in [-0.25, -0.2) is 0 Å². The van der Waals surface area contributed by atoms with Crippen molar-refractivity contribution < 1.29 is 0 Å². The van der Waals surface area contributed by atoms with Crippen LogP contribution in [0.1, 0.15) is 32.1 Å².